The summed E-state index contributed by atoms with van der Waals surface area (Å²) in [6.07, 6.45) is 5.89. The molecule has 0 fully saturated rings. The molecular weight excluding hydrogens is 424 g/mol. The van der Waals surface area contributed by atoms with Gasteiger partial charge in [-0.3, -0.25) is 4.90 Å². The molecule has 1 aromatic carbocycles. The first-order chi connectivity index (χ1) is 14.9. The Balaban J connectivity index is 1.90. The minimum Gasteiger partial charge on any atom is -0.368 e. The number of nitrogens with zero attached hydrogens (tertiary/aromatic N) is 4. The highest BCUT2D eigenvalue weighted by Crippen LogP contribution is 2.49. The van der Waals surface area contributed by atoms with E-state index in [0.717, 1.165) is 40.8 Å². The predicted octanol–water partition coefficient (Wildman–Crippen LogP) is 6.94. The molecule has 3 heterocycles. The number of halogens is 1. The fourth-order valence-electron chi connectivity index (χ4n) is 5.18. The SMILES string of the molecule is CCCC(CCC)N1CCC2c3c1cc(C)nc3N(c1ccc(C)cc1Cl)C(=S)N2C. The summed E-state index contributed by atoms with van der Waals surface area (Å²) in [4.78, 5) is 12.0. The highest BCUT2D eigenvalue weighted by molar-refractivity contribution is 7.80. The second-order valence-electron chi connectivity index (χ2n) is 8.93. The molecule has 0 bridgehead atoms. The number of pyridine rings is 1. The van der Waals surface area contributed by atoms with Crippen LogP contribution in [0.25, 0.3) is 0 Å². The minimum atomic E-state index is 0.256. The van der Waals surface area contributed by atoms with Crippen molar-refractivity contribution in [2.45, 2.75) is 71.9 Å². The van der Waals surface area contributed by atoms with E-state index in [-0.39, 0.29) is 6.04 Å². The molecule has 0 radical (unpaired) electrons. The molecule has 4 rings (SSSR count). The molecule has 2 aliphatic heterocycles. The van der Waals surface area contributed by atoms with Crippen molar-refractivity contribution in [3.8, 4) is 0 Å². The number of hydrogen-bond acceptors (Lipinski definition) is 3. The Bertz CT molecular complexity index is 986. The van der Waals surface area contributed by atoms with E-state index < -0.39 is 0 Å². The summed E-state index contributed by atoms with van der Waals surface area (Å²) in [5.74, 6) is 0.949. The topological polar surface area (TPSA) is 22.6 Å². The van der Waals surface area contributed by atoms with Crippen LogP contribution < -0.4 is 9.80 Å². The molecule has 1 aromatic heterocycles. The lowest BCUT2D eigenvalue weighted by molar-refractivity contribution is 0.327. The number of hydrogen-bond donors (Lipinski definition) is 0. The van der Waals surface area contributed by atoms with Gasteiger partial charge in [0.15, 0.2) is 5.11 Å². The van der Waals surface area contributed by atoms with Crippen molar-refractivity contribution in [3.05, 3.63) is 46.1 Å². The zero-order chi connectivity index (χ0) is 22.3. The maximum absolute atomic E-state index is 6.71. The van der Waals surface area contributed by atoms with E-state index in [2.05, 4.69) is 67.6 Å². The Kier molecular flexibility index (Phi) is 6.45. The normalized spacial score (nSPS) is 18.1. The third-order valence-corrected chi connectivity index (χ3v) is 7.41. The van der Waals surface area contributed by atoms with Crippen LogP contribution in [-0.4, -0.2) is 34.6 Å². The quantitative estimate of drug-likeness (QED) is 0.438. The molecule has 6 heteroatoms. The number of anilines is 3. The number of aryl methyl sites for hydroxylation is 2. The summed E-state index contributed by atoms with van der Waals surface area (Å²) in [5.41, 5.74) is 5.68. The van der Waals surface area contributed by atoms with E-state index in [1.165, 1.54) is 36.9 Å². The van der Waals surface area contributed by atoms with Gasteiger partial charge in [-0.25, -0.2) is 4.98 Å². The molecule has 1 atom stereocenters. The van der Waals surface area contributed by atoms with Gasteiger partial charge in [-0.05, 0) is 69.1 Å². The van der Waals surface area contributed by atoms with E-state index >= 15 is 0 Å². The third kappa shape index (κ3) is 3.91. The smallest absolute Gasteiger partial charge is 0.182 e. The van der Waals surface area contributed by atoms with Crippen molar-refractivity contribution in [1.82, 2.24) is 9.88 Å². The van der Waals surface area contributed by atoms with Crippen molar-refractivity contribution >= 4 is 46.1 Å². The summed E-state index contributed by atoms with van der Waals surface area (Å²) in [6.45, 7) is 9.78. The minimum absolute atomic E-state index is 0.256. The van der Waals surface area contributed by atoms with Crippen LogP contribution in [0.4, 0.5) is 17.2 Å². The van der Waals surface area contributed by atoms with E-state index in [9.17, 15) is 0 Å². The monoisotopic (exact) mass is 456 g/mol. The summed E-state index contributed by atoms with van der Waals surface area (Å²) >= 11 is 12.7. The fraction of sp³-hybridized carbons (Fsp3) is 0.520. The summed E-state index contributed by atoms with van der Waals surface area (Å²) in [5, 5.41) is 1.47. The average molecular weight is 457 g/mol. The second-order valence-corrected chi connectivity index (χ2v) is 9.71. The van der Waals surface area contributed by atoms with E-state index in [4.69, 9.17) is 28.8 Å². The van der Waals surface area contributed by atoms with Crippen LogP contribution in [0.2, 0.25) is 5.02 Å². The zero-order valence-electron chi connectivity index (χ0n) is 19.3. The van der Waals surface area contributed by atoms with Gasteiger partial charge in [0.25, 0.3) is 0 Å². The lowest BCUT2D eigenvalue weighted by Crippen LogP contribution is -2.50. The molecule has 0 amide bonds. The van der Waals surface area contributed by atoms with Gasteiger partial charge >= 0.3 is 0 Å². The Labute approximate surface area is 197 Å². The Morgan fingerprint density at radius 1 is 1.13 bits per heavy atom. The van der Waals surface area contributed by atoms with Gasteiger partial charge < -0.3 is 9.80 Å². The predicted molar refractivity (Wildman–Crippen MR) is 136 cm³/mol. The number of rotatable bonds is 6. The van der Waals surface area contributed by atoms with E-state index in [0.29, 0.717) is 11.1 Å². The molecule has 2 aromatic rings. The standard InChI is InChI=1S/C25H33ClN4S/c1-6-8-18(9-7-2)29-13-12-21-23-22(29)15-17(4)27-24(23)30(25(31)28(21)5)20-11-10-16(3)14-19(20)26/h10-11,14-15,18,21H,6-9,12-13H2,1-5H3. The average Bonchev–Trinajstić information content (AvgIpc) is 2.73. The summed E-state index contributed by atoms with van der Waals surface area (Å²) in [7, 11) is 2.11. The molecule has 0 saturated carbocycles. The first-order valence-electron chi connectivity index (χ1n) is 11.5. The second kappa shape index (κ2) is 8.95. The first-order valence-corrected chi connectivity index (χ1v) is 12.3. The molecule has 0 N–H and O–H groups in total. The van der Waals surface area contributed by atoms with E-state index in [1.807, 2.05) is 6.07 Å². The van der Waals surface area contributed by atoms with Crippen molar-refractivity contribution < 1.29 is 0 Å². The highest BCUT2D eigenvalue weighted by Gasteiger charge is 2.41. The molecule has 1 unspecified atom stereocenters. The molecule has 0 spiro atoms. The number of aromatic nitrogens is 1. The lowest BCUT2D eigenvalue weighted by atomic mass is 9.90. The van der Waals surface area contributed by atoms with Crippen molar-refractivity contribution in [2.24, 2.45) is 0 Å². The van der Waals surface area contributed by atoms with Gasteiger partial charge in [0.2, 0.25) is 0 Å². The number of benzene rings is 1. The van der Waals surface area contributed by atoms with Crippen molar-refractivity contribution in [1.29, 1.82) is 0 Å². The highest BCUT2D eigenvalue weighted by atomic mass is 35.5. The van der Waals surface area contributed by atoms with Gasteiger partial charge in [0.05, 0.1) is 16.8 Å². The van der Waals surface area contributed by atoms with Gasteiger partial charge in [0.1, 0.15) is 5.82 Å². The molecule has 31 heavy (non-hydrogen) atoms. The lowest BCUT2D eigenvalue weighted by Gasteiger charge is -2.49. The molecule has 4 nitrogen and oxygen atoms in total. The first kappa shape index (κ1) is 22.3. The Morgan fingerprint density at radius 2 is 1.84 bits per heavy atom. The Morgan fingerprint density at radius 3 is 2.48 bits per heavy atom. The zero-order valence-corrected chi connectivity index (χ0v) is 20.9. The maximum Gasteiger partial charge on any atom is 0.182 e. The molecule has 0 aliphatic carbocycles. The molecule has 0 saturated heterocycles. The van der Waals surface area contributed by atoms with Gasteiger partial charge in [-0.2, -0.15) is 0 Å². The molecule has 2 aliphatic rings. The third-order valence-electron chi connectivity index (χ3n) is 6.63. The molecular formula is C25H33ClN4S. The van der Waals surface area contributed by atoms with Crippen LogP contribution in [-0.2, 0) is 0 Å². The van der Waals surface area contributed by atoms with E-state index in [1.54, 1.807) is 0 Å². The van der Waals surface area contributed by atoms with Gasteiger partial charge in [0, 0.05) is 36.6 Å². The largest absolute Gasteiger partial charge is 0.368 e. The van der Waals surface area contributed by atoms with Crippen LogP contribution in [0, 0.1) is 13.8 Å². The van der Waals surface area contributed by atoms with Crippen LogP contribution in [0.1, 0.15) is 68.8 Å². The van der Waals surface area contributed by atoms with Crippen LogP contribution >= 0.6 is 23.8 Å². The maximum atomic E-state index is 6.71. The van der Waals surface area contributed by atoms with Gasteiger partial charge in [-0.1, -0.05) is 44.4 Å². The number of thiocarbonyl (C=S) groups is 1. The van der Waals surface area contributed by atoms with Crippen molar-refractivity contribution in [2.75, 3.05) is 23.4 Å². The summed E-state index contributed by atoms with van der Waals surface area (Å²) in [6, 6.07) is 9.25. The summed E-state index contributed by atoms with van der Waals surface area (Å²) < 4.78 is 0. The van der Waals surface area contributed by atoms with Crippen LogP contribution in [0.3, 0.4) is 0 Å². The van der Waals surface area contributed by atoms with Gasteiger partial charge in [-0.15, -0.1) is 0 Å². The molecule has 166 valence electrons. The Hall–Kier alpha value is -1.85. The fourth-order valence-corrected chi connectivity index (χ4v) is 5.82. The van der Waals surface area contributed by atoms with Crippen LogP contribution in [0.5, 0.6) is 0 Å². The van der Waals surface area contributed by atoms with Crippen LogP contribution in [0.15, 0.2) is 24.3 Å². The van der Waals surface area contributed by atoms with Crippen molar-refractivity contribution in [3.63, 3.8) is 0 Å².